The van der Waals surface area contributed by atoms with Crippen LogP contribution in [-0.4, -0.2) is 44.8 Å². The minimum Gasteiger partial charge on any atom is -0.448 e. The van der Waals surface area contributed by atoms with Gasteiger partial charge in [0.25, 0.3) is 11.8 Å². The molecule has 0 spiro atoms. The van der Waals surface area contributed by atoms with Crippen LogP contribution in [0.4, 0.5) is 0 Å². The normalized spacial score (nSPS) is 15.9. The zero-order valence-electron chi connectivity index (χ0n) is 16.7. The van der Waals surface area contributed by atoms with E-state index in [4.69, 9.17) is 4.42 Å². The molecule has 8 heteroatoms. The third-order valence-corrected chi connectivity index (χ3v) is 5.30. The van der Waals surface area contributed by atoms with Crippen molar-refractivity contribution in [3.63, 3.8) is 0 Å². The van der Waals surface area contributed by atoms with Crippen molar-refractivity contribution in [1.29, 1.82) is 0 Å². The van der Waals surface area contributed by atoms with Gasteiger partial charge in [0.05, 0.1) is 5.56 Å². The molecule has 1 fully saturated rings. The quantitative estimate of drug-likeness (QED) is 0.676. The van der Waals surface area contributed by atoms with Gasteiger partial charge in [-0.05, 0) is 55.0 Å². The third-order valence-electron chi connectivity index (χ3n) is 5.30. The fraction of sp³-hybridized carbons (Fsp3) is 0.318. The van der Waals surface area contributed by atoms with E-state index in [1.54, 1.807) is 31.7 Å². The van der Waals surface area contributed by atoms with Crippen molar-refractivity contribution in [2.24, 2.45) is 5.92 Å². The number of nitrogens with zero attached hydrogens (tertiary/aromatic N) is 4. The molecule has 3 aromatic rings. The van der Waals surface area contributed by atoms with Gasteiger partial charge >= 0.3 is 0 Å². The molecule has 8 nitrogen and oxygen atoms in total. The first-order valence-electron chi connectivity index (χ1n) is 9.90. The zero-order chi connectivity index (χ0) is 20.9. The number of amides is 2. The summed E-state index contributed by atoms with van der Waals surface area (Å²) in [5.41, 5.74) is 2.89. The number of aromatic nitrogens is 3. The summed E-state index contributed by atoms with van der Waals surface area (Å²) in [6, 6.07) is 5.60. The highest BCUT2D eigenvalue weighted by molar-refractivity contribution is 5.94. The van der Waals surface area contributed by atoms with Crippen molar-refractivity contribution < 1.29 is 14.0 Å². The Hall–Kier alpha value is -3.55. The molecule has 1 atom stereocenters. The van der Waals surface area contributed by atoms with E-state index in [0.717, 1.165) is 24.0 Å². The first-order valence-corrected chi connectivity index (χ1v) is 9.90. The first kappa shape index (κ1) is 19.8. The molecule has 4 rings (SSSR count). The number of carbonyl (C=O) groups is 2. The maximum Gasteiger partial charge on any atom is 0.276 e. The number of aryl methyl sites for hydroxylation is 1. The molecule has 0 aromatic carbocycles. The van der Waals surface area contributed by atoms with E-state index in [-0.39, 0.29) is 11.8 Å². The van der Waals surface area contributed by atoms with E-state index in [9.17, 15) is 9.59 Å². The summed E-state index contributed by atoms with van der Waals surface area (Å²) in [4.78, 5) is 39.1. The van der Waals surface area contributed by atoms with Crippen LogP contribution < -0.4 is 5.32 Å². The van der Waals surface area contributed by atoms with Crippen LogP contribution in [0.3, 0.4) is 0 Å². The SMILES string of the molecule is Cc1ocnc1C(=O)N1CCC(Cc2cncc(C(=O)NCc3ccncc3)c2)C1. The van der Waals surface area contributed by atoms with Crippen molar-refractivity contribution >= 4 is 11.8 Å². The van der Waals surface area contributed by atoms with Gasteiger partial charge in [-0.15, -0.1) is 0 Å². The second kappa shape index (κ2) is 8.86. The fourth-order valence-electron chi connectivity index (χ4n) is 3.69. The van der Waals surface area contributed by atoms with Crippen molar-refractivity contribution in [2.75, 3.05) is 13.1 Å². The number of hydrogen-bond donors (Lipinski definition) is 1. The van der Waals surface area contributed by atoms with Crippen molar-refractivity contribution in [2.45, 2.75) is 26.3 Å². The maximum atomic E-state index is 12.6. The molecule has 0 bridgehead atoms. The molecule has 0 saturated carbocycles. The molecule has 2 amide bonds. The van der Waals surface area contributed by atoms with Gasteiger partial charge in [0, 0.05) is 44.4 Å². The van der Waals surface area contributed by atoms with Gasteiger partial charge in [-0.25, -0.2) is 4.98 Å². The highest BCUT2D eigenvalue weighted by atomic mass is 16.3. The van der Waals surface area contributed by atoms with Gasteiger partial charge < -0.3 is 14.6 Å². The van der Waals surface area contributed by atoms with Crippen LogP contribution in [0.15, 0.2) is 53.8 Å². The summed E-state index contributed by atoms with van der Waals surface area (Å²) in [6.45, 7) is 3.52. The fourth-order valence-corrected chi connectivity index (χ4v) is 3.69. The van der Waals surface area contributed by atoms with Crippen LogP contribution in [-0.2, 0) is 13.0 Å². The minimum absolute atomic E-state index is 0.0916. The predicted octanol–water partition coefficient (Wildman–Crippen LogP) is 2.41. The Bertz CT molecular complexity index is 1030. The van der Waals surface area contributed by atoms with Crippen molar-refractivity contribution in [3.05, 3.63) is 77.5 Å². The number of hydrogen-bond acceptors (Lipinski definition) is 6. The standard InChI is InChI=1S/C22H23N5O3/c1-15-20(26-14-30-15)22(29)27-7-4-17(13-27)8-18-9-19(12-24-10-18)21(28)25-11-16-2-5-23-6-3-16/h2-3,5-6,9-10,12,14,17H,4,7-8,11,13H2,1H3,(H,25,28). The third kappa shape index (κ3) is 4.53. The van der Waals surface area contributed by atoms with E-state index in [0.29, 0.717) is 42.6 Å². The number of nitrogens with one attached hydrogen (secondary N) is 1. The van der Waals surface area contributed by atoms with Gasteiger partial charge in [-0.1, -0.05) is 0 Å². The topological polar surface area (TPSA) is 101 Å². The molecule has 3 aromatic heterocycles. The summed E-state index contributed by atoms with van der Waals surface area (Å²) in [6.07, 6.45) is 9.72. The Morgan fingerprint density at radius 3 is 2.80 bits per heavy atom. The van der Waals surface area contributed by atoms with E-state index >= 15 is 0 Å². The van der Waals surface area contributed by atoms with Crippen LogP contribution >= 0.6 is 0 Å². The highest BCUT2D eigenvalue weighted by Gasteiger charge is 2.29. The number of pyridine rings is 2. The second-order valence-corrected chi connectivity index (χ2v) is 7.49. The van der Waals surface area contributed by atoms with E-state index in [2.05, 4.69) is 20.3 Å². The molecule has 1 N–H and O–H groups in total. The zero-order valence-corrected chi connectivity index (χ0v) is 16.7. The van der Waals surface area contributed by atoms with E-state index in [1.165, 1.54) is 6.39 Å². The second-order valence-electron chi connectivity index (χ2n) is 7.49. The monoisotopic (exact) mass is 405 g/mol. The van der Waals surface area contributed by atoms with E-state index < -0.39 is 0 Å². The summed E-state index contributed by atoms with van der Waals surface area (Å²) in [7, 11) is 0. The summed E-state index contributed by atoms with van der Waals surface area (Å²) < 4.78 is 5.14. The number of likely N-dealkylation sites (tertiary alicyclic amines) is 1. The molecular weight excluding hydrogens is 382 g/mol. The summed E-state index contributed by atoms with van der Waals surface area (Å²) in [5.74, 6) is 0.605. The lowest BCUT2D eigenvalue weighted by Crippen LogP contribution is -2.29. The smallest absolute Gasteiger partial charge is 0.276 e. The molecular formula is C22H23N5O3. The molecule has 4 heterocycles. The molecule has 1 unspecified atom stereocenters. The van der Waals surface area contributed by atoms with Crippen molar-refractivity contribution in [1.82, 2.24) is 25.2 Å². The molecule has 154 valence electrons. The molecule has 30 heavy (non-hydrogen) atoms. The van der Waals surface area contributed by atoms with Crippen LogP contribution in [0.2, 0.25) is 0 Å². The van der Waals surface area contributed by atoms with E-state index in [1.807, 2.05) is 23.1 Å². The molecule has 1 aliphatic rings. The number of rotatable bonds is 6. The Labute approximate surface area is 174 Å². The summed E-state index contributed by atoms with van der Waals surface area (Å²) in [5, 5.41) is 2.90. The number of carbonyl (C=O) groups excluding carboxylic acids is 2. The van der Waals surface area contributed by atoms with Gasteiger partial charge in [-0.2, -0.15) is 0 Å². The lowest BCUT2D eigenvalue weighted by Gasteiger charge is -2.15. The van der Waals surface area contributed by atoms with Gasteiger partial charge in [0.2, 0.25) is 0 Å². The Balaban J connectivity index is 1.34. The van der Waals surface area contributed by atoms with Crippen molar-refractivity contribution in [3.8, 4) is 0 Å². The Morgan fingerprint density at radius 1 is 1.20 bits per heavy atom. The lowest BCUT2D eigenvalue weighted by atomic mass is 9.99. The van der Waals surface area contributed by atoms with Crippen LogP contribution in [0.5, 0.6) is 0 Å². The van der Waals surface area contributed by atoms with Crippen LogP contribution in [0, 0.1) is 12.8 Å². The number of oxazole rings is 1. The largest absolute Gasteiger partial charge is 0.448 e. The lowest BCUT2D eigenvalue weighted by molar-refractivity contribution is 0.0780. The van der Waals surface area contributed by atoms with Gasteiger partial charge in [-0.3, -0.25) is 19.6 Å². The predicted molar refractivity (Wildman–Crippen MR) is 109 cm³/mol. The average Bonchev–Trinajstić information content (AvgIpc) is 3.41. The Morgan fingerprint density at radius 2 is 2.03 bits per heavy atom. The molecule has 1 aliphatic heterocycles. The average molecular weight is 405 g/mol. The molecule has 0 aliphatic carbocycles. The molecule has 0 radical (unpaired) electrons. The first-order chi connectivity index (χ1) is 14.6. The van der Waals surface area contributed by atoms with Gasteiger partial charge in [0.1, 0.15) is 5.76 Å². The molecule has 1 saturated heterocycles. The van der Waals surface area contributed by atoms with Gasteiger partial charge in [0.15, 0.2) is 12.1 Å². The summed E-state index contributed by atoms with van der Waals surface area (Å²) >= 11 is 0. The van der Waals surface area contributed by atoms with Crippen LogP contribution in [0.1, 0.15) is 44.2 Å². The van der Waals surface area contributed by atoms with Crippen LogP contribution in [0.25, 0.3) is 0 Å². The maximum absolute atomic E-state index is 12.6. The Kier molecular flexibility index (Phi) is 5.83. The highest BCUT2D eigenvalue weighted by Crippen LogP contribution is 2.23. The minimum atomic E-state index is -0.161.